The minimum Gasteiger partial charge on any atom is -0.478 e. The second-order valence-electron chi connectivity index (χ2n) is 5.70. The van der Waals surface area contributed by atoms with Crippen LogP contribution in [0.1, 0.15) is 35.0 Å². The van der Waals surface area contributed by atoms with Gasteiger partial charge in [0.05, 0.1) is 11.8 Å². The summed E-state index contributed by atoms with van der Waals surface area (Å²) in [7, 11) is 0. The highest BCUT2D eigenvalue weighted by Crippen LogP contribution is 2.27. The molecule has 0 radical (unpaired) electrons. The zero-order valence-electron chi connectivity index (χ0n) is 12.6. The van der Waals surface area contributed by atoms with Gasteiger partial charge in [0.2, 0.25) is 0 Å². The van der Waals surface area contributed by atoms with E-state index in [0.717, 1.165) is 37.4 Å². The number of nitrogens with zero attached hydrogens (tertiary/aromatic N) is 1. The first-order valence-corrected chi connectivity index (χ1v) is 7.40. The summed E-state index contributed by atoms with van der Waals surface area (Å²) in [6, 6.07) is 11.0. The molecular weight excluding hydrogens is 278 g/mol. The normalized spacial score (nSPS) is 16.0. The lowest BCUT2D eigenvalue weighted by atomic mass is 9.99. The van der Waals surface area contributed by atoms with Gasteiger partial charge in [-0.05, 0) is 43.2 Å². The van der Waals surface area contributed by atoms with Crippen LogP contribution in [0.3, 0.4) is 0 Å². The van der Waals surface area contributed by atoms with Crippen LogP contribution in [-0.2, 0) is 6.54 Å². The first-order chi connectivity index (χ1) is 10.6. The second-order valence-corrected chi connectivity index (χ2v) is 5.70. The molecule has 114 valence electrons. The van der Waals surface area contributed by atoms with E-state index in [-0.39, 0.29) is 0 Å². The van der Waals surface area contributed by atoms with Gasteiger partial charge >= 0.3 is 5.97 Å². The molecular formula is C18H19NO3. The minimum atomic E-state index is -0.886. The highest BCUT2D eigenvalue weighted by Gasteiger charge is 2.19. The van der Waals surface area contributed by atoms with E-state index in [4.69, 9.17) is 9.52 Å². The van der Waals surface area contributed by atoms with Gasteiger partial charge in [0.25, 0.3) is 0 Å². The lowest BCUT2D eigenvalue weighted by Gasteiger charge is -2.29. The van der Waals surface area contributed by atoms with Crippen molar-refractivity contribution in [1.29, 1.82) is 0 Å². The molecule has 0 fully saturated rings. The zero-order chi connectivity index (χ0) is 15.5. The molecule has 3 rings (SSSR count). The molecule has 1 aliphatic heterocycles. The number of hydrogen-bond acceptors (Lipinski definition) is 3. The van der Waals surface area contributed by atoms with Gasteiger partial charge in [-0.15, -0.1) is 0 Å². The Kier molecular flexibility index (Phi) is 4.11. The molecule has 0 bridgehead atoms. The van der Waals surface area contributed by atoms with Crippen LogP contribution < -0.4 is 0 Å². The number of carboxylic acid groups (broad SMARTS) is 1. The number of benzene rings is 1. The molecule has 1 aromatic heterocycles. The van der Waals surface area contributed by atoms with E-state index in [1.807, 2.05) is 24.3 Å². The maximum Gasteiger partial charge on any atom is 0.335 e. The third-order valence-corrected chi connectivity index (χ3v) is 4.13. The van der Waals surface area contributed by atoms with Crippen molar-refractivity contribution in [3.05, 3.63) is 65.1 Å². The monoisotopic (exact) mass is 297 g/mol. The fourth-order valence-electron chi connectivity index (χ4n) is 2.80. The van der Waals surface area contributed by atoms with Crippen molar-refractivity contribution < 1.29 is 14.3 Å². The number of rotatable bonds is 4. The van der Waals surface area contributed by atoms with E-state index in [1.165, 1.54) is 11.1 Å². The third kappa shape index (κ3) is 3.12. The maximum atomic E-state index is 10.9. The molecule has 0 aliphatic carbocycles. The minimum absolute atomic E-state index is 0.328. The Labute approximate surface area is 129 Å². The van der Waals surface area contributed by atoms with Gasteiger partial charge in [-0.3, -0.25) is 4.90 Å². The van der Waals surface area contributed by atoms with Gasteiger partial charge in [-0.1, -0.05) is 17.7 Å². The SMILES string of the molecule is CC1=C(c2ccco2)CN(Cc2ccc(C(=O)O)cc2)CC1. The van der Waals surface area contributed by atoms with Crippen LogP contribution in [0.25, 0.3) is 5.57 Å². The van der Waals surface area contributed by atoms with Gasteiger partial charge in [0.1, 0.15) is 5.76 Å². The zero-order valence-corrected chi connectivity index (χ0v) is 12.6. The van der Waals surface area contributed by atoms with Crippen molar-refractivity contribution in [2.24, 2.45) is 0 Å². The molecule has 0 amide bonds. The van der Waals surface area contributed by atoms with Gasteiger partial charge < -0.3 is 9.52 Å². The van der Waals surface area contributed by atoms with Crippen molar-refractivity contribution in [3.63, 3.8) is 0 Å². The summed E-state index contributed by atoms with van der Waals surface area (Å²) >= 11 is 0. The van der Waals surface area contributed by atoms with Crippen molar-refractivity contribution >= 4 is 11.5 Å². The van der Waals surface area contributed by atoms with Crippen molar-refractivity contribution in [1.82, 2.24) is 4.90 Å². The Bertz CT molecular complexity index is 684. The summed E-state index contributed by atoms with van der Waals surface area (Å²) in [5.74, 6) is 0.0617. The predicted molar refractivity (Wildman–Crippen MR) is 84.6 cm³/mol. The Hall–Kier alpha value is -2.33. The number of carbonyl (C=O) groups is 1. The highest BCUT2D eigenvalue weighted by molar-refractivity contribution is 5.87. The van der Waals surface area contributed by atoms with E-state index in [0.29, 0.717) is 5.56 Å². The average Bonchev–Trinajstić information content (AvgIpc) is 3.04. The van der Waals surface area contributed by atoms with E-state index in [1.54, 1.807) is 18.4 Å². The Balaban J connectivity index is 1.70. The van der Waals surface area contributed by atoms with Crippen LogP contribution in [0.5, 0.6) is 0 Å². The molecule has 4 heteroatoms. The van der Waals surface area contributed by atoms with E-state index in [2.05, 4.69) is 11.8 Å². The van der Waals surface area contributed by atoms with Crippen LogP contribution >= 0.6 is 0 Å². The largest absolute Gasteiger partial charge is 0.478 e. The van der Waals surface area contributed by atoms with Crippen LogP contribution in [0.2, 0.25) is 0 Å². The highest BCUT2D eigenvalue weighted by atomic mass is 16.4. The number of furan rings is 1. The fraction of sp³-hybridized carbons (Fsp3) is 0.278. The topological polar surface area (TPSA) is 53.7 Å². The molecule has 1 aliphatic rings. The fourth-order valence-corrected chi connectivity index (χ4v) is 2.80. The van der Waals surface area contributed by atoms with Crippen LogP contribution in [-0.4, -0.2) is 29.1 Å². The number of hydrogen-bond donors (Lipinski definition) is 1. The first kappa shape index (κ1) is 14.6. The van der Waals surface area contributed by atoms with Crippen molar-refractivity contribution in [2.45, 2.75) is 19.9 Å². The average molecular weight is 297 g/mol. The molecule has 1 N–H and O–H groups in total. The summed E-state index contributed by atoms with van der Waals surface area (Å²) < 4.78 is 5.53. The lowest BCUT2D eigenvalue weighted by molar-refractivity contribution is 0.0697. The second kappa shape index (κ2) is 6.20. The first-order valence-electron chi connectivity index (χ1n) is 7.40. The summed E-state index contributed by atoms with van der Waals surface area (Å²) in [5, 5.41) is 8.94. The van der Waals surface area contributed by atoms with Crippen molar-refractivity contribution in [3.8, 4) is 0 Å². The molecule has 0 atom stereocenters. The van der Waals surface area contributed by atoms with Crippen LogP contribution in [0.4, 0.5) is 0 Å². The predicted octanol–water partition coefficient (Wildman–Crippen LogP) is 3.66. The Morgan fingerprint density at radius 1 is 1.27 bits per heavy atom. The smallest absolute Gasteiger partial charge is 0.335 e. The van der Waals surface area contributed by atoms with Gasteiger partial charge in [-0.25, -0.2) is 4.79 Å². The molecule has 2 aromatic rings. The van der Waals surface area contributed by atoms with E-state index in [9.17, 15) is 4.79 Å². The molecule has 0 unspecified atom stereocenters. The Morgan fingerprint density at radius 2 is 2.05 bits per heavy atom. The lowest BCUT2D eigenvalue weighted by Crippen LogP contribution is -2.30. The van der Waals surface area contributed by atoms with E-state index < -0.39 is 5.97 Å². The summed E-state index contributed by atoms with van der Waals surface area (Å²) in [4.78, 5) is 13.2. The van der Waals surface area contributed by atoms with Gasteiger partial charge in [0, 0.05) is 25.2 Å². The molecule has 22 heavy (non-hydrogen) atoms. The summed E-state index contributed by atoms with van der Waals surface area (Å²) in [6.07, 6.45) is 2.74. The molecule has 2 heterocycles. The molecule has 1 aromatic carbocycles. The summed E-state index contributed by atoms with van der Waals surface area (Å²) in [6.45, 7) is 4.85. The van der Waals surface area contributed by atoms with Crippen LogP contribution in [0.15, 0.2) is 52.7 Å². The molecule has 0 spiro atoms. The standard InChI is InChI=1S/C18H19NO3/c1-13-8-9-19(12-16(13)17-3-2-10-22-17)11-14-4-6-15(7-5-14)18(20)21/h2-7,10H,8-9,11-12H2,1H3,(H,20,21). The molecule has 0 saturated carbocycles. The summed E-state index contributed by atoms with van der Waals surface area (Å²) in [5.41, 5.74) is 4.10. The van der Waals surface area contributed by atoms with Crippen molar-refractivity contribution in [2.75, 3.05) is 13.1 Å². The van der Waals surface area contributed by atoms with Crippen LogP contribution in [0, 0.1) is 0 Å². The Morgan fingerprint density at radius 3 is 2.68 bits per heavy atom. The maximum absolute atomic E-state index is 10.9. The van der Waals surface area contributed by atoms with Gasteiger partial charge in [-0.2, -0.15) is 0 Å². The third-order valence-electron chi connectivity index (χ3n) is 4.13. The molecule has 4 nitrogen and oxygen atoms in total. The number of carboxylic acids is 1. The number of aromatic carboxylic acids is 1. The quantitative estimate of drug-likeness (QED) is 0.935. The van der Waals surface area contributed by atoms with E-state index >= 15 is 0 Å². The van der Waals surface area contributed by atoms with Gasteiger partial charge in [0.15, 0.2) is 0 Å². The molecule has 0 saturated heterocycles.